The summed E-state index contributed by atoms with van der Waals surface area (Å²) >= 11 is 0. The van der Waals surface area contributed by atoms with Crippen molar-refractivity contribution in [1.82, 2.24) is 14.9 Å². The summed E-state index contributed by atoms with van der Waals surface area (Å²) in [5.41, 5.74) is 0.676. The first kappa shape index (κ1) is 20.7. The highest BCUT2D eigenvalue weighted by atomic mass is 32.2. The van der Waals surface area contributed by atoms with Crippen LogP contribution in [0.5, 0.6) is 5.75 Å². The quantitative estimate of drug-likeness (QED) is 0.407. The first-order valence-corrected chi connectivity index (χ1v) is 10.0. The highest BCUT2D eigenvalue weighted by molar-refractivity contribution is 7.89. The largest absolute Gasteiger partial charge is 0.492 e. The molecule has 0 bridgehead atoms. The molecular formula is C19H26N4O3S. The van der Waals surface area contributed by atoms with Crippen molar-refractivity contribution in [3.63, 3.8) is 0 Å². The molecule has 0 saturated heterocycles. The van der Waals surface area contributed by atoms with Crippen LogP contribution in [0, 0.1) is 0 Å². The molecule has 0 aliphatic rings. The molecule has 0 unspecified atom stereocenters. The predicted octanol–water partition coefficient (Wildman–Crippen LogP) is 1.68. The van der Waals surface area contributed by atoms with Gasteiger partial charge >= 0.3 is 0 Å². The summed E-state index contributed by atoms with van der Waals surface area (Å²) in [6.07, 6.45) is 0. The second-order valence-electron chi connectivity index (χ2n) is 5.91. The standard InChI is InChI=1S/C19H26N4O3S/c1-20-19(21-13-14-26-17-10-5-4-6-11-17)22-15-16-9-7-8-12-18(16)27(24,25)23(2)3/h4-12H,13-15H2,1-3H3,(H2,20,21,22). The molecule has 2 N–H and O–H groups in total. The van der Waals surface area contributed by atoms with E-state index in [-0.39, 0.29) is 4.90 Å². The lowest BCUT2D eigenvalue weighted by atomic mass is 10.2. The number of benzene rings is 2. The van der Waals surface area contributed by atoms with E-state index in [0.29, 0.717) is 31.2 Å². The Morgan fingerprint density at radius 1 is 1.04 bits per heavy atom. The topological polar surface area (TPSA) is 83.0 Å². The minimum atomic E-state index is -3.50. The normalized spacial score (nSPS) is 12.1. The van der Waals surface area contributed by atoms with E-state index < -0.39 is 10.0 Å². The third kappa shape index (κ3) is 5.97. The summed E-state index contributed by atoms with van der Waals surface area (Å²) in [6.45, 7) is 1.38. The second kappa shape index (κ2) is 9.94. The number of nitrogens with zero attached hydrogens (tertiary/aromatic N) is 2. The third-order valence-corrected chi connectivity index (χ3v) is 5.72. The molecule has 8 heteroatoms. The lowest BCUT2D eigenvalue weighted by Gasteiger charge is -2.17. The van der Waals surface area contributed by atoms with Crippen LogP contribution in [-0.2, 0) is 16.6 Å². The number of aliphatic imine (C=N–C) groups is 1. The fourth-order valence-electron chi connectivity index (χ4n) is 2.35. The summed E-state index contributed by atoms with van der Waals surface area (Å²) < 4.78 is 31.7. The van der Waals surface area contributed by atoms with Gasteiger partial charge in [-0.3, -0.25) is 4.99 Å². The molecule has 0 radical (unpaired) electrons. The number of ether oxygens (including phenoxy) is 1. The van der Waals surface area contributed by atoms with Gasteiger partial charge in [0.25, 0.3) is 0 Å². The lowest BCUT2D eigenvalue weighted by molar-refractivity contribution is 0.322. The number of sulfonamides is 1. The van der Waals surface area contributed by atoms with Crippen LogP contribution in [0.2, 0.25) is 0 Å². The van der Waals surface area contributed by atoms with Gasteiger partial charge in [0.15, 0.2) is 5.96 Å². The van der Waals surface area contributed by atoms with Gasteiger partial charge < -0.3 is 15.4 Å². The highest BCUT2D eigenvalue weighted by Crippen LogP contribution is 2.18. The van der Waals surface area contributed by atoms with Gasteiger partial charge in [-0.1, -0.05) is 36.4 Å². The zero-order chi connectivity index (χ0) is 19.7. The molecule has 0 aliphatic heterocycles. The van der Waals surface area contributed by atoms with Gasteiger partial charge in [0, 0.05) is 27.7 Å². The predicted molar refractivity (Wildman–Crippen MR) is 107 cm³/mol. The summed E-state index contributed by atoms with van der Waals surface area (Å²) in [5, 5.41) is 6.28. The SMILES string of the molecule is CN=C(NCCOc1ccccc1)NCc1ccccc1S(=O)(=O)N(C)C. The molecule has 7 nitrogen and oxygen atoms in total. The number of rotatable bonds is 8. The number of hydrogen-bond acceptors (Lipinski definition) is 4. The van der Waals surface area contributed by atoms with Crippen LogP contribution in [0.4, 0.5) is 0 Å². The van der Waals surface area contributed by atoms with Crippen molar-refractivity contribution in [2.75, 3.05) is 34.3 Å². The Morgan fingerprint density at radius 3 is 2.37 bits per heavy atom. The number of hydrogen-bond donors (Lipinski definition) is 2. The van der Waals surface area contributed by atoms with Crippen LogP contribution < -0.4 is 15.4 Å². The zero-order valence-corrected chi connectivity index (χ0v) is 16.7. The molecule has 0 saturated carbocycles. The van der Waals surface area contributed by atoms with Gasteiger partial charge in [-0.25, -0.2) is 12.7 Å². The average Bonchev–Trinajstić information content (AvgIpc) is 2.68. The van der Waals surface area contributed by atoms with Crippen LogP contribution in [0.3, 0.4) is 0 Å². The van der Waals surface area contributed by atoms with Gasteiger partial charge in [-0.2, -0.15) is 0 Å². The van der Waals surface area contributed by atoms with Crippen molar-refractivity contribution in [3.05, 3.63) is 60.2 Å². The number of nitrogens with one attached hydrogen (secondary N) is 2. The highest BCUT2D eigenvalue weighted by Gasteiger charge is 2.20. The van der Waals surface area contributed by atoms with Crippen LogP contribution in [0.1, 0.15) is 5.56 Å². The van der Waals surface area contributed by atoms with Crippen molar-refractivity contribution in [3.8, 4) is 5.75 Å². The molecule has 0 spiro atoms. The van der Waals surface area contributed by atoms with E-state index in [1.54, 1.807) is 25.2 Å². The first-order valence-electron chi connectivity index (χ1n) is 8.58. The van der Waals surface area contributed by atoms with E-state index >= 15 is 0 Å². The zero-order valence-electron chi connectivity index (χ0n) is 15.8. The molecule has 2 rings (SSSR count). The summed E-state index contributed by atoms with van der Waals surface area (Å²) in [6, 6.07) is 16.5. The van der Waals surface area contributed by atoms with Crippen LogP contribution >= 0.6 is 0 Å². The Bertz CT molecular complexity index is 852. The Morgan fingerprint density at radius 2 is 1.70 bits per heavy atom. The monoisotopic (exact) mass is 390 g/mol. The fraction of sp³-hybridized carbons (Fsp3) is 0.316. The average molecular weight is 391 g/mol. The molecule has 0 amide bonds. The lowest BCUT2D eigenvalue weighted by Crippen LogP contribution is -2.39. The van der Waals surface area contributed by atoms with E-state index in [9.17, 15) is 8.42 Å². The maximum atomic E-state index is 12.4. The van der Waals surface area contributed by atoms with E-state index in [0.717, 1.165) is 5.75 Å². The van der Waals surface area contributed by atoms with Crippen LogP contribution in [-0.4, -0.2) is 53.0 Å². The van der Waals surface area contributed by atoms with Gasteiger partial charge in [-0.05, 0) is 23.8 Å². The van der Waals surface area contributed by atoms with Crippen molar-refractivity contribution in [1.29, 1.82) is 0 Å². The van der Waals surface area contributed by atoms with Gasteiger partial charge in [0.1, 0.15) is 12.4 Å². The van der Waals surface area contributed by atoms with Gasteiger partial charge in [-0.15, -0.1) is 0 Å². The first-order chi connectivity index (χ1) is 12.9. The fourth-order valence-corrected chi connectivity index (χ4v) is 3.47. The van der Waals surface area contributed by atoms with E-state index in [1.807, 2.05) is 36.4 Å². The smallest absolute Gasteiger partial charge is 0.242 e. The number of para-hydroxylation sites is 1. The van der Waals surface area contributed by atoms with E-state index in [2.05, 4.69) is 15.6 Å². The van der Waals surface area contributed by atoms with Gasteiger partial charge in [0.2, 0.25) is 10.0 Å². The second-order valence-corrected chi connectivity index (χ2v) is 8.03. The van der Waals surface area contributed by atoms with Crippen LogP contribution in [0.25, 0.3) is 0 Å². The maximum Gasteiger partial charge on any atom is 0.242 e. The van der Waals surface area contributed by atoms with Crippen molar-refractivity contribution in [2.45, 2.75) is 11.4 Å². The molecule has 0 aromatic heterocycles. The minimum Gasteiger partial charge on any atom is -0.492 e. The Kier molecular flexibility index (Phi) is 7.63. The molecule has 146 valence electrons. The molecule has 0 fully saturated rings. The van der Waals surface area contributed by atoms with E-state index in [4.69, 9.17) is 4.74 Å². The Labute approximate surface area is 161 Å². The molecule has 0 aliphatic carbocycles. The molecule has 0 atom stereocenters. The van der Waals surface area contributed by atoms with Crippen molar-refractivity contribution < 1.29 is 13.2 Å². The Balaban J connectivity index is 1.89. The maximum absolute atomic E-state index is 12.4. The van der Waals surface area contributed by atoms with E-state index in [1.165, 1.54) is 18.4 Å². The molecule has 0 heterocycles. The van der Waals surface area contributed by atoms with Crippen LogP contribution in [0.15, 0.2) is 64.5 Å². The van der Waals surface area contributed by atoms with Gasteiger partial charge in [0.05, 0.1) is 11.4 Å². The Hall–Kier alpha value is -2.58. The summed E-state index contributed by atoms with van der Waals surface area (Å²) in [7, 11) is 1.20. The van der Waals surface area contributed by atoms with Crippen molar-refractivity contribution >= 4 is 16.0 Å². The minimum absolute atomic E-state index is 0.283. The summed E-state index contributed by atoms with van der Waals surface area (Å²) in [4.78, 5) is 4.44. The molecular weight excluding hydrogens is 364 g/mol. The van der Waals surface area contributed by atoms with Crippen molar-refractivity contribution in [2.24, 2.45) is 4.99 Å². The molecule has 2 aromatic rings. The number of guanidine groups is 1. The molecule has 27 heavy (non-hydrogen) atoms. The molecule has 2 aromatic carbocycles. The third-order valence-electron chi connectivity index (χ3n) is 3.81. The summed E-state index contributed by atoms with van der Waals surface area (Å²) in [5.74, 6) is 1.38.